The number of halogens is 3. The minimum Gasteiger partial charge on any atom is -0.491 e. The van der Waals surface area contributed by atoms with E-state index in [0.29, 0.717) is 23.7 Å². The van der Waals surface area contributed by atoms with Crippen LogP contribution in [0.1, 0.15) is 39.7 Å². The van der Waals surface area contributed by atoms with Crippen molar-refractivity contribution in [3.05, 3.63) is 59.2 Å². The molecule has 0 saturated carbocycles. The molecule has 28 heavy (non-hydrogen) atoms. The molecule has 2 atom stereocenters. The van der Waals surface area contributed by atoms with Crippen molar-refractivity contribution in [3.8, 4) is 11.5 Å². The lowest BCUT2D eigenvalue weighted by Crippen LogP contribution is -2.19. The number of fused-ring (bicyclic) bond motifs is 1. The Labute approximate surface area is 164 Å². The summed E-state index contributed by atoms with van der Waals surface area (Å²) >= 11 is 0. The Bertz CT molecular complexity index is 799. The fourth-order valence-electron chi connectivity index (χ4n) is 2.67. The summed E-state index contributed by atoms with van der Waals surface area (Å²) in [6.07, 6.45) is 0.444. The van der Waals surface area contributed by atoms with Crippen LogP contribution in [0, 0.1) is 17.6 Å². The van der Waals surface area contributed by atoms with Gasteiger partial charge in [-0.2, -0.15) is 8.78 Å². The molecule has 1 aliphatic heterocycles. The predicted octanol–water partition coefficient (Wildman–Crippen LogP) is 6.04. The van der Waals surface area contributed by atoms with Crippen LogP contribution in [0.5, 0.6) is 11.5 Å². The van der Waals surface area contributed by atoms with Gasteiger partial charge in [-0.15, -0.1) is 0 Å². The van der Waals surface area contributed by atoms with Gasteiger partial charge in [0, 0.05) is 24.2 Å². The molecule has 6 heteroatoms. The standard InChI is InChI=1S/C22H27F3O3/c1-7-12(3)11-27-15(6)14(5)18(23)21-13(4)9-16-10-17(26-8-2)19(24)20(25)22(16)28-21/h10,12,15H,4-5,7-9,11H2,1-3,6H3/b21-18-. The number of hydrogen-bond acceptors (Lipinski definition) is 3. The fraction of sp³-hybridized carbons (Fsp3) is 0.455. The first-order valence-corrected chi connectivity index (χ1v) is 9.41. The molecule has 2 rings (SSSR count). The summed E-state index contributed by atoms with van der Waals surface area (Å²) in [6, 6.07) is 1.35. The molecule has 0 radical (unpaired) electrons. The van der Waals surface area contributed by atoms with E-state index in [1.54, 1.807) is 13.8 Å². The first kappa shape index (κ1) is 22.1. The van der Waals surface area contributed by atoms with Crippen molar-refractivity contribution in [1.29, 1.82) is 0 Å². The average molecular weight is 396 g/mol. The van der Waals surface area contributed by atoms with Crippen molar-refractivity contribution in [2.75, 3.05) is 13.2 Å². The van der Waals surface area contributed by atoms with Gasteiger partial charge in [0.2, 0.25) is 11.6 Å². The van der Waals surface area contributed by atoms with Crippen LogP contribution in [-0.4, -0.2) is 19.3 Å². The van der Waals surface area contributed by atoms with E-state index in [4.69, 9.17) is 14.2 Å². The van der Waals surface area contributed by atoms with Crippen LogP contribution in [0.4, 0.5) is 13.2 Å². The zero-order valence-electron chi connectivity index (χ0n) is 16.8. The molecule has 0 saturated heterocycles. The van der Waals surface area contributed by atoms with E-state index in [1.807, 2.05) is 13.8 Å². The molecule has 154 valence electrons. The Morgan fingerprint density at radius 1 is 1.25 bits per heavy atom. The van der Waals surface area contributed by atoms with Gasteiger partial charge in [-0.3, -0.25) is 0 Å². The summed E-state index contributed by atoms with van der Waals surface area (Å²) < 4.78 is 59.7. The van der Waals surface area contributed by atoms with E-state index in [-0.39, 0.29) is 35.9 Å². The van der Waals surface area contributed by atoms with Crippen LogP contribution < -0.4 is 9.47 Å². The highest BCUT2D eigenvalue weighted by atomic mass is 19.2. The van der Waals surface area contributed by atoms with Gasteiger partial charge in [0.05, 0.1) is 12.7 Å². The topological polar surface area (TPSA) is 27.7 Å². The molecule has 1 aromatic carbocycles. The third-order valence-corrected chi connectivity index (χ3v) is 4.73. The molecule has 0 aliphatic carbocycles. The second kappa shape index (κ2) is 9.32. The molecule has 0 fully saturated rings. The van der Waals surface area contributed by atoms with Crippen molar-refractivity contribution >= 4 is 0 Å². The minimum absolute atomic E-state index is 0.0646. The van der Waals surface area contributed by atoms with Gasteiger partial charge in [0.15, 0.2) is 23.1 Å². The molecular formula is C22H27F3O3. The van der Waals surface area contributed by atoms with E-state index in [1.165, 1.54) is 6.07 Å². The van der Waals surface area contributed by atoms with Crippen LogP contribution in [0.3, 0.4) is 0 Å². The van der Waals surface area contributed by atoms with Crippen molar-refractivity contribution in [2.45, 2.75) is 46.6 Å². The third kappa shape index (κ3) is 4.61. The van der Waals surface area contributed by atoms with Gasteiger partial charge < -0.3 is 14.2 Å². The van der Waals surface area contributed by atoms with Gasteiger partial charge in [-0.05, 0) is 31.4 Å². The average Bonchev–Trinajstić information content (AvgIpc) is 2.68. The number of ether oxygens (including phenoxy) is 3. The molecule has 0 amide bonds. The summed E-state index contributed by atoms with van der Waals surface area (Å²) in [5.74, 6) is -3.66. The first-order valence-electron chi connectivity index (χ1n) is 9.41. The number of hydrogen-bond donors (Lipinski definition) is 0. The normalized spacial score (nSPS) is 17.5. The van der Waals surface area contributed by atoms with E-state index in [9.17, 15) is 13.2 Å². The van der Waals surface area contributed by atoms with E-state index in [2.05, 4.69) is 13.2 Å². The maximum Gasteiger partial charge on any atom is 0.205 e. The summed E-state index contributed by atoms with van der Waals surface area (Å²) in [6.45, 7) is 15.6. The molecule has 3 nitrogen and oxygen atoms in total. The Balaban J connectivity index is 2.30. The smallest absolute Gasteiger partial charge is 0.205 e. The molecule has 0 spiro atoms. The Kier molecular flexibility index (Phi) is 7.35. The summed E-state index contributed by atoms with van der Waals surface area (Å²) in [5, 5.41) is 0. The lowest BCUT2D eigenvalue weighted by atomic mass is 9.98. The van der Waals surface area contributed by atoms with Crippen molar-refractivity contribution in [2.24, 2.45) is 5.92 Å². The lowest BCUT2D eigenvalue weighted by molar-refractivity contribution is 0.0638. The second-order valence-corrected chi connectivity index (χ2v) is 6.96. The summed E-state index contributed by atoms with van der Waals surface area (Å²) in [5.41, 5.74) is 0.707. The van der Waals surface area contributed by atoms with E-state index < -0.39 is 23.6 Å². The summed E-state index contributed by atoms with van der Waals surface area (Å²) in [4.78, 5) is 0. The number of allylic oxidation sites excluding steroid dienone is 1. The molecule has 0 aromatic heterocycles. The van der Waals surface area contributed by atoms with Gasteiger partial charge in [0.1, 0.15) is 0 Å². The third-order valence-electron chi connectivity index (χ3n) is 4.73. The van der Waals surface area contributed by atoms with Crippen LogP contribution in [0.15, 0.2) is 42.0 Å². The van der Waals surface area contributed by atoms with E-state index in [0.717, 1.165) is 6.42 Å². The molecule has 1 aromatic rings. The van der Waals surface area contributed by atoms with Crippen LogP contribution in [-0.2, 0) is 11.2 Å². The maximum absolute atomic E-state index is 15.0. The van der Waals surface area contributed by atoms with Gasteiger partial charge in [-0.25, -0.2) is 4.39 Å². The number of rotatable bonds is 8. The van der Waals surface area contributed by atoms with Gasteiger partial charge >= 0.3 is 0 Å². The molecular weight excluding hydrogens is 369 g/mol. The molecule has 0 N–H and O–H groups in total. The van der Waals surface area contributed by atoms with Crippen LogP contribution >= 0.6 is 0 Å². The zero-order chi connectivity index (χ0) is 21.0. The Hall–Kier alpha value is -2.21. The highest BCUT2D eigenvalue weighted by Crippen LogP contribution is 2.41. The highest BCUT2D eigenvalue weighted by molar-refractivity contribution is 5.53. The molecule has 1 heterocycles. The predicted molar refractivity (Wildman–Crippen MR) is 103 cm³/mol. The maximum atomic E-state index is 15.0. The minimum atomic E-state index is -1.22. The Morgan fingerprint density at radius 3 is 2.54 bits per heavy atom. The van der Waals surface area contributed by atoms with Crippen molar-refractivity contribution in [3.63, 3.8) is 0 Å². The largest absolute Gasteiger partial charge is 0.491 e. The summed E-state index contributed by atoms with van der Waals surface area (Å²) in [7, 11) is 0. The SMILES string of the molecule is C=C1Cc2cc(OCC)c(F)c(F)c2O/C1=C(\F)C(=C)C(C)OCC(C)CC. The lowest BCUT2D eigenvalue weighted by Gasteiger charge is -2.25. The molecule has 2 unspecified atom stereocenters. The molecule has 1 aliphatic rings. The monoisotopic (exact) mass is 396 g/mol. The molecule has 0 bridgehead atoms. The van der Waals surface area contributed by atoms with Crippen molar-refractivity contribution < 1.29 is 27.4 Å². The Morgan fingerprint density at radius 2 is 1.93 bits per heavy atom. The fourth-order valence-corrected chi connectivity index (χ4v) is 2.67. The van der Waals surface area contributed by atoms with E-state index >= 15 is 0 Å². The first-order chi connectivity index (χ1) is 13.2. The van der Waals surface area contributed by atoms with Crippen molar-refractivity contribution in [1.82, 2.24) is 0 Å². The van der Waals surface area contributed by atoms with Crippen LogP contribution in [0.2, 0.25) is 0 Å². The highest BCUT2D eigenvalue weighted by Gasteiger charge is 2.30. The van der Waals surface area contributed by atoms with Gasteiger partial charge in [-0.1, -0.05) is 33.4 Å². The van der Waals surface area contributed by atoms with Crippen LogP contribution in [0.25, 0.3) is 0 Å². The quantitative estimate of drug-likeness (QED) is 0.536. The van der Waals surface area contributed by atoms with Gasteiger partial charge in [0.25, 0.3) is 0 Å². The zero-order valence-corrected chi connectivity index (χ0v) is 16.8. The number of benzene rings is 1. The second-order valence-electron chi connectivity index (χ2n) is 6.96.